The summed E-state index contributed by atoms with van der Waals surface area (Å²) in [5.41, 5.74) is 6.87. The maximum atomic E-state index is 5.65. The Morgan fingerprint density at radius 2 is 2.18 bits per heavy atom. The molecule has 1 atom stereocenters. The molecular weight excluding hydrogens is 280 g/mol. The van der Waals surface area contributed by atoms with E-state index in [1.165, 1.54) is 5.56 Å². The first-order valence-electron chi connectivity index (χ1n) is 5.81. The van der Waals surface area contributed by atoms with Gasteiger partial charge in [-0.25, -0.2) is 0 Å². The second kappa shape index (κ2) is 6.99. The number of methoxy groups -OCH3 is 1. The Balaban J connectivity index is 2.65. The molecule has 0 aromatic heterocycles. The molecule has 1 unspecified atom stereocenters. The summed E-state index contributed by atoms with van der Waals surface area (Å²) in [6.45, 7) is 3.80. The van der Waals surface area contributed by atoms with Crippen LogP contribution in [0.25, 0.3) is 0 Å². The van der Waals surface area contributed by atoms with Crippen molar-refractivity contribution >= 4 is 15.9 Å². The van der Waals surface area contributed by atoms with Gasteiger partial charge in [-0.15, -0.1) is 0 Å². The van der Waals surface area contributed by atoms with E-state index in [4.69, 9.17) is 10.5 Å². The van der Waals surface area contributed by atoms with E-state index in [-0.39, 0.29) is 0 Å². The van der Waals surface area contributed by atoms with Crippen LogP contribution in [0.15, 0.2) is 22.7 Å². The second-order valence-electron chi connectivity index (χ2n) is 4.27. The van der Waals surface area contributed by atoms with E-state index in [1.54, 1.807) is 7.11 Å². The van der Waals surface area contributed by atoms with Crippen LogP contribution in [-0.2, 0) is 6.42 Å². The zero-order valence-electron chi connectivity index (χ0n) is 10.7. The number of ether oxygens (including phenoxy) is 1. The van der Waals surface area contributed by atoms with Crippen molar-refractivity contribution in [3.63, 3.8) is 0 Å². The smallest absolute Gasteiger partial charge is 0.122 e. The molecule has 0 radical (unpaired) electrons. The fourth-order valence-electron chi connectivity index (χ4n) is 1.64. The summed E-state index contributed by atoms with van der Waals surface area (Å²) >= 11 is 3.49. The number of nitrogens with zero attached hydrogens (tertiary/aromatic N) is 1. The number of likely N-dealkylation sites (N-methyl/N-ethyl adjacent to an activating group) is 1. The van der Waals surface area contributed by atoms with E-state index in [9.17, 15) is 0 Å². The molecule has 0 saturated heterocycles. The van der Waals surface area contributed by atoms with Crippen LogP contribution in [0.4, 0.5) is 0 Å². The number of hydrogen-bond donors (Lipinski definition) is 1. The third kappa shape index (κ3) is 4.30. The molecule has 96 valence electrons. The Hall–Kier alpha value is -0.580. The highest BCUT2D eigenvalue weighted by Gasteiger charge is 2.09. The summed E-state index contributed by atoms with van der Waals surface area (Å²) in [6.07, 6.45) is 0.962. The van der Waals surface area contributed by atoms with E-state index >= 15 is 0 Å². The summed E-state index contributed by atoms with van der Waals surface area (Å²) in [4.78, 5) is 2.26. The molecule has 2 N–H and O–H groups in total. The zero-order chi connectivity index (χ0) is 12.8. The molecular formula is C13H21BrN2O. The Kier molecular flexibility index (Phi) is 5.95. The van der Waals surface area contributed by atoms with Gasteiger partial charge in [0.2, 0.25) is 0 Å². The van der Waals surface area contributed by atoms with Gasteiger partial charge in [0.05, 0.1) is 7.11 Å². The highest BCUT2D eigenvalue weighted by Crippen LogP contribution is 2.23. The lowest BCUT2D eigenvalue weighted by Gasteiger charge is -2.23. The van der Waals surface area contributed by atoms with Crippen LogP contribution >= 0.6 is 15.9 Å². The quantitative estimate of drug-likeness (QED) is 0.876. The first-order chi connectivity index (χ1) is 8.08. The van der Waals surface area contributed by atoms with Crippen LogP contribution < -0.4 is 10.5 Å². The monoisotopic (exact) mass is 300 g/mol. The van der Waals surface area contributed by atoms with Crippen LogP contribution in [0.1, 0.15) is 12.5 Å². The Labute approximate surface area is 112 Å². The first kappa shape index (κ1) is 14.5. The number of halogens is 1. The molecule has 17 heavy (non-hydrogen) atoms. The van der Waals surface area contributed by atoms with Crippen molar-refractivity contribution in [2.45, 2.75) is 19.4 Å². The minimum absolute atomic E-state index is 0.410. The van der Waals surface area contributed by atoms with Crippen molar-refractivity contribution < 1.29 is 4.74 Å². The fourth-order valence-corrected chi connectivity index (χ4v) is 2.05. The van der Waals surface area contributed by atoms with Crippen molar-refractivity contribution in [2.24, 2.45) is 5.73 Å². The SMILES string of the molecule is COc1ccc(Br)cc1CCN(C)C(C)CN. The Morgan fingerprint density at radius 1 is 1.47 bits per heavy atom. The molecule has 0 spiro atoms. The van der Waals surface area contributed by atoms with Gasteiger partial charge in [-0.1, -0.05) is 15.9 Å². The largest absolute Gasteiger partial charge is 0.496 e. The van der Waals surface area contributed by atoms with Crippen LogP contribution in [0.2, 0.25) is 0 Å². The van der Waals surface area contributed by atoms with Gasteiger partial charge in [0.25, 0.3) is 0 Å². The van der Waals surface area contributed by atoms with Crippen molar-refractivity contribution in [3.05, 3.63) is 28.2 Å². The van der Waals surface area contributed by atoms with E-state index in [1.807, 2.05) is 12.1 Å². The van der Waals surface area contributed by atoms with Crippen LogP contribution in [0.3, 0.4) is 0 Å². The van der Waals surface area contributed by atoms with Gasteiger partial charge in [-0.05, 0) is 44.2 Å². The Morgan fingerprint density at radius 3 is 2.76 bits per heavy atom. The third-order valence-corrected chi connectivity index (χ3v) is 3.56. The van der Waals surface area contributed by atoms with Crippen molar-refractivity contribution in [1.29, 1.82) is 0 Å². The first-order valence-corrected chi connectivity index (χ1v) is 6.60. The summed E-state index contributed by atoms with van der Waals surface area (Å²) in [6, 6.07) is 6.51. The minimum atomic E-state index is 0.410. The molecule has 1 aromatic rings. The molecule has 0 aliphatic rings. The highest BCUT2D eigenvalue weighted by atomic mass is 79.9. The lowest BCUT2D eigenvalue weighted by atomic mass is 10.1. The predicted octanol–water partition coefficient (Wildman–Crippen LogP) is 2.28. The second-order valence-corrected chi connectivity index (χ2v) is 5.19. The van der Waals surface area contributed by atoms with E-state index in [0.717, 1.165) is 23.2 Å². The molecule has 0 aliphatic heterocycles. The predicted molar refractivity (Wildman–Crippen MR) is 75.5 cm³/mol. The average Bonchev–Trinajstić information content (AvgIpc) is 2.35. The molecule has 0 bridgehead atoms. The molecule has 0 amide bonds. The minimum Gasteiger partial charge on any atom is -0.496 e. The normalized spacial score (nSPS) is 12.8. The van der Waals surface area contributed by atoms with Crippen molar-refractivity contribution in [1.82, 2.24) is 4.90 Å². The van der Waals surface area contributed by atoms with Gasteiger partial charge in [0.1, 0.15) is 5.75 Å². The molecule has 0 heterocycles. The molecule has 0 fully saturated rings. The number of benzene rings is 1. The van der Waals surface area contributed by atoms with Gasteiger partial charge in [-0.2, -0.15) is 0 Å². The third-order valence-electron chi connectivity index (χ3n) is 3.07. The summed E-state index contributed by atoms with van der Waals surface area (Å²) in [5, 5.41) is 0. The zero-order valence-corrected chi connectivity index (χ0v) is 12.3. The van der Waals surface area contributed by atoms with Gasteiger partial charge >= 0.3 is 0 Å². The van der Waals surface area contributed by atoms with Gasteiger partial charge in [0, 0.05) is 23.6 Å². The summed E-state index contributed by atoms with van der Waals surface area (Å²) in [5.74, 6) is 0.946. The maximum absolute atomic E-state index is 5.65. The van der Waals surface area contributed by atoms with Crippen LogP contribution in [0.5, 0.6) is 5.75 Å². The maximum Gasteiger partial charge on any atom is 0.122 e. The highest BCUT2D eigenvalue weighted by molar-refractivity contribution is 9.10. The van der Waals surface area contributed by atoms with Gasteiger partial charge < -0.3 is 15.4 Å². The number of nitrogens with two attached hydrogens (primary N) is 1. The summed E-state index contributed by atoms with van der Waals surface area (Å²) < 4.78 is 6.44. The lowest BCUT2D eigenvalue weighted by Crippen LogP contribution is -2.36. The fraction of sp³-hybridized carbons (Fsp3) is 0.538. The average molecular weight is 301 g/mol. The van der Waals surface area contributed by atoms with Crippen molar-refractivity contribution in [3.8, 4) is 5.75 Å². The molecule has 4 heteroatoms. The molecule has 0 aliphatic carbocycles. The van der Waals surface area contributed by atoms with Crippen molar-refractivity contribution in [2.75, 3.05) is 27.2 Å². The molecule has 3 nitrogen and oxygen atoms in total. The standard InChI is InChI=1S/C13H21BrN2O/c1-10(9-15)16(2)7-6-11-8-12(14)4-5-13(11)17-3/h4-5,8,10H,6-7,9,15H2,1-3H3. The molecule has 1 rings (SSSR count). The van der Waals surface area contributed by atoms with Crippen LogP contribution in [0, 0.1) is 0 Å². The van der Waals surface area contributed by atoms with Gasteiger partial charge in [0.15, 0.2) is 0 Å². The Bertz CT molecular complexity index is 357. The summed E-state index contributed by atoms with van der Waals surface area (Å²) in [7, 11) is 3.81. The van der Waals surface area contributed by atoms with Gasteiger partial charge in [-0.3, -0.25) is 0 Å². The molecule has 0 saturated carbocycles. The van der Waals surface area contributed by atoms with E-state index in [0.29, 0.717) is 12.6 Å². The lowest BCUT2D eigenvalue weighted by molar-refractivity contribution is 0.265. The topological polar surface area (TPSA) is 38.5 Å². The number of hydrogen-bond acceptors (Lipinski definition) is 3. The molecule has 1 aromatic carbocycles. The number of rotatable bonds is 6. The van der Waals surface area contributed by atoms with E-state index in [2.05, 4.69) is 40.9 Å². The van der Waals surface area contributed by atoms with E-state index < -0.39 is 0 Å². The van der Waals surface area contributed by atoms with Crippen LogP contribution in [-0.4, -0.2) is 38.2 Å².